The van der Waals surface area contributed by atoms with Gasteiger partial charge in [-0.2, -0.15) is 0 Å². The van der Waals surface area contributed by atoms with E-state index in [-0.39, 0.29) is 17.3 Å². The molecule has 0 saturated heterocycles. The number of hydrogen-bond donors (Lipinski definition) is 0. The Morgan fingerprint density at radius 1 is 1.05 bits per heavy atom. The zero-order valence-electron chi connectivity index (χ0n) is 10.8. The number of rotatable bonds is 3. The summed E-state index contributed by atoms with van der Waals surface area (Å²) in [7, 11) is 1.39. The zero-order chi connectivity index (χ0) is 13.8. The second-order valence-electron chi connectivity index (χ2n) is 4.21. The lowest BCUT2D eigenvalue weighted by atomic mass is 9.94. The van der Waals surface area contributed by atoms with Crippen LogP contribution in [0.3, 0.4) is 0 Å². The SMILES string of the molecule is COC1=C(/C=C/c2ccccc2)C(=O)C(C)=CC1=O. The first kappa shape index (κ1) is 13.0. The number of carbonyl (C=O) groups is 2. The van der Waals surface area contributed by atoms with E-state index >= 15 is 0 Å². The van der Waals surface area contributed by atoms with Gasteiger partial charge >= 0.3 is 0 Å². The first-order valence-corrected chi connectivity index (χ1v) is 5.92. The van der Waals surface area contributed by atoms with Gasteiger partial charge in [-0.1, -0.05) is 36.4 Å². The second kappa shape index (κ2) is 5.48. The summed E-state index contributed by atoms with van der Waals surface area (Å²) < 4.78 is 5.04. The van der Waals surface area contributed by atoms with Crippen molar-refractivity contribution in [3.63, 3.8) is 0 Å². The predicted molar refractivity (Wildman–Crippen MR) is 73.3 cm³/mol. The van der Waals surface area contributed by atoms with Crippen LogP contribution in [0.5, 0.6) is 0 Å². The molecule has 1 aliphatic carbocycles. The van der Waals surface area contributed by atoms with Crippen LogP contribution >= 0.6 is 0 Å². The fourth-order valence-corrected chi connectivity index (χ4v) is 1.88. The van der Waals surface area contributed by atoms with Gasteiger partial charge < -0.3 is 4.74 Å². The molecule has 0 amide bonds. The van der Waals surface area contributed by atoms with E-state index in [4.69, 9.17) is 4.74 Å². The van der Waals surface area contributed by atoms with Crippen molar-refractivity contribution in [1.29, 1.82) is 0 Å². The fraction of sp³-hybridized carbons (Fsp3) is 0.125. The molecule has 0 spiro atoms. The van der Waals surface area contributed by atoms with Crippen LogP contribution in [-0.4, -0.2) is 18.7 Å². The van der Waals surface area contributed by atoms with Crippen molar-refractivity contribution in [3.8, 4) is 0 Å². The van der Waals surface area contributed by atoms with E-state index in [9.17, 15) is 9.59 Å². The topological polar surface area (TPSA) is 43.4 Å². The molecule has 0 N–H and O–H groups in total. The van der Waals surface area contributed by atoms with Crippen LogP contribution in [-0.2, 0) is 14.3 Å². The Morgan fingerprint density at radius 3 is 2.37 bits per heavy atom. The number of ketones is 2. The largest absolute Gasteiger partial charge is 0.492 e. The van der Waals surface area contributed by atoms with Crippen LogP contribution in [0.25, 0.3) is 6.08 Å². The van der Waals surface area contributed by atoms with Gasteiger partial charge in [0, 0.05) is 5.57 Å². The molecule has 0 saturated carbocycles. The third kappa shape index (κ3) is 2.71. The number of Topliss-reactive ketones (excluding diaryl/α,β-unsaturated/α-hetero) is 1. The van der Waals surface area contributed by atoms with Crippen molar-refractivity contribution in [2.45, 2.75) is 6.92 Å². The standard InChI is InChI=1S/C16H14O3/c1-11-10-14(17)16(19-2)13(15(11)18)9-8-12-6-4-3-5-7-12/h3-10H,1-2H3/b9-8+. The molecule has 0 bridgehead atoms. The fourth-order valence-electron chi connectivity index (χ4n) is 1.88. The minimum Gasteiger partial charge on any atom is -0.492 e. The van der Waals surface area contributed by atoms with E-state index in [2.05, 4.69) is 0 Å². The van der Waals surface area contributed by atoms with E-state index < -0.39 is 0 Å². The Kier molecular flexibility index (Phi) is 3.76. The van der Waals surface area contributed by atoms with Crippen molar-refractivity contribution in [3.05, 3.63) is 65.0 Å². The molecule has 19 heavy (non-hydrogen) atoms. The molecule has 1 aliphatic rings. The van der Waals surface area contributed by atoms with Crippen LogP contribution in [0.2, 0.25) is 0 Å². The molecule has 0 aromatic heterocycles. The minimum absolute atomic E-state index is 0.0998. The Labute approximate surface area is 111 Å². The summed E-state index contributed by atoms with van der Waals surface area (Å²) in [5.74, 6) is -0.348. The maximum Gasteiger partial charge on any atom is 0.221 e. The molecule has 3 nitrogen and oxygen atoms in total. The number of hydrogen-bond acceptors (Lipinski definition) is 3. The van der Waals surface area contributed by atoms with Gasteiger partial charge in [0.05, 0.1) is 12.7 Å². The Balaban J connectivity index is 2.38. The van der Waals surface area contributed by atoms with Crippen LogP contribution in [0.15, 0.2) is 59.4 Å². The highest BCUT2D eigenvalue weighted by Crippen LogP contribution is 2.21. The number of benzene rings is 1. The maximum absolute atomic E-state index is 12.1. The quantitative estimate of drug-likeness (QED) is 0.779. The maximum atomic E-state index is 12.1. The molecule has 0 aliphatic heterocycles. The first-order chi connectivity index (χ1) is 9.13. The minimum atomic E-state index is -0.271. The summed E-state index contributed by atoms with van der Waals surface area (Å²) >= 11 is 0. The lowest BCUT2D eigenvalue weighted by Crippen LogP contribution is -2.18. The number of carbonyl (C=O) groups excluding carboxylic acids is 2. The molecule has 2 rings (SSSR count). The molecule has 0 unspecified atom stereocenters. The number of ether oxygens (including phenoxy) is 1. The van der Waals surface area contributed by atoms with Crippen molar-refractivity contribution in [2.24, 2.45) is 0 Å². The monoisotopic (exact) mass is 254 g/mol. The first-order valence-electron chi connectivity index (χ1n) is 5.92. The van der Waals surface area contributed by atoms with Crippen molar-refractivity contribution >= 4 is 17.6 Å². The van der Waals surface area contributed by atoms with E-state index in [0.29, 0.717) is 11.1 Å². The Hall–Kier alpha value is -2.42. The third-order valence-electron chi connectivity index (χ3n) is 2.86. The molecular weight excluding hydrogens is 240 g/mol. The highest BCUT2D eigenvalue weighted by atomic mass is 16.5. The smallest absolute Gasteiger partial charge is 0.221 e. The van der Waals surface area contributed by atoms with Crippen molar-refractivity contribution < 1.29 is 14.3 Å². The van der Waals surface area contributed by atoms with E-state index in [0.717, 1.165) is 5.56 Å². The van der Waals surface area contributed by atoms with Gasteiger partial charge in [0.1, 0.15) is 0 Å². The molecule has 3 heteroatoms. The molecule has 0 fully saturated rings. The summed E-state index contributed by atoms with van der Waals surface area (Å²) in [6.07, 6.45) is 4.73. The average Bonchev–Trinajstić information content (AvgIpc) is 2.42. The molecule has 1 aromatic rings. The molecular formula is C16H14O3. The summed E-state index contributed by atoms with van der Waals surface area (Å²) in [6, 6.07) is 9.57. The summed E-state index contributed by atoms with van der Waals surface area (Å²) in [5.41, 5.74) is 1.69. The third-order valence-corrected chi connectivity index (χ3v) is 2.86. The number of allylic oxidation sites excluding steroid dienone is 4. The highest BCUT2D eigenvalue weighted by Gasteiger charge is 2.25. The van der Waals surface area contributed by atoms with Gasteiger partial charge in [0.15, 0.2) is 11.5 Å². The van der Waals surface area contributed by atoms with E-state index in [1.165, 1.54) is 13.2 Å². The average molecular weight is 254 g/mol. The molecule has 0 heterocycles. The lowest BCUT2D eigenvalue weighted by Gasteiger charge is -2.13. The second-order valence-corrected chi connectivity index (χ2v) is 4.21. The van der Waals surface area contributed by atoms with Gasteiger partial charge in [0.2, 0.25) is 5.78 Å². The Morgan fingerprint density at radius 2 is 1.74 bits per heavy atom. The summed E-state index contributed by atoms with van der Waals surface area (Å²) in [5, 5.41) is 0. The zero-order valence-corrected chi connectivity index (χ0v) is 10.8. The van der Waals surface area contributed by atoms with Crippen LogP contribution in [0.4, 0.5) is 0 Å². The number of methoxy groups -OCH3 is 1. The van der Waals surface area contributed by atoms with Crippen LogP contribution in [0, 0.1) is 0 Å². The van der Waals surface area contributed by atoms with Crippen molar-refractivity contribution in [1.82, 2.24) is 0 Å². The van der Waals surface area contributed by atoms with Gasteiger partial charge in [0.25, 0.3) is 0 Å². The Bertz CT molecular complexity index is 604. The lowest BCUT2D eigenvalue weighted by molar-refractivity contribution is -0.117. The summed E-state index contributed by atoms with van der Waals surface area (Å²) in [4.78, 5) is 23.8. The molecule has 96 valence electrons. The predicted octanol–water partition coefficient (Wildman–Crippen LogP) is 2.70. The highest BCUT2D eigenvalue weighted by molar-refractivity contribution is 6.23. The molecule has 0 atom stereocenters. The van der Waals surface area contributed by atoms with Gasteiger partial charge in [-0.15, -0.1) is 0 Å². The van der Waals surface area contributed by atoms with Gasteiger partial charge in [-0.3, -0.25) is 9.59 Å². The molecule has 0 radical (unpaired) electrons. The van der Waals surface area contributed by atoms with Gasteiger partial charge in [-0.05, 0) is 24.6 Å². The molecule has 1 aromatic carbocycles. The normalized spacial score (nSPS) is 16.0. The van der Waals surface area contributed by atoms with E-state index in [1.54, 1.807) is 19.1 Å². The summed E-state index contributed by atoms with van der Waals surface area (Å²) in [6.45, 7) is 1.63. The van der Waals surface area contributed by atoms with Gasteiger partial charge in [-0.25, -0.2) is 0 Å². The van der Waals surface area contributed by atoms with Crippen LogP contribution < -0.4 is 0 Å². The van der Waals surface area contributed by atoms with Crippen LogP contribution in [0.1, 0.15) is 12.5 Å². The van der Waals surface area contributed by atoms with E-state index in [1.807, 2.05) is 30.3 Å². The van der Waals surface area contributed by atoms with Crippen molar-refractivity contribution in [2.75, 3.05) is 7.11 Å².